The van der Waals surface area contributed by atoms with Gasteiger partial charge in [-0.3, -0.25) is 19.1 Å². The molecule has 2 amide bonds. The molecule has 176 valence electrons. The minimum Gasteiger partial charge on any atom is -0.456 e. The number of anilines is 1. The van der Waals surface area contributed by atoms with Gasteiger partial charge < -0.3 is 14.6 Å². The van der Waals surface area contributed by atoms with Crippen LogP contribution in [0.1, 0.15) is 33.1 Å². The second-order valence-corrected chi connectivity index (χ2v) is 8.39. The molecule has 0 radical (unpaired) electrons. The van der Waals surface area contributed by atoms with Crippen LogP contribution in [0.25, 0.3) is 5.69 Å². The number of rotatable bonds is 5. The third kappa shape index (κ3) is 4.58. The molecule has 1 aromatic carbocycles. The van der Waals surface area contributed by atoms with Crippen molar-refractivity contribution >= 4 is 17.6 Å². The van der Waals surface area contributed by atoms with Crippen LogP contribution in [-0.4, -0.2) is 58.9 Å². The lowest BCUT2D eigenvalue weighted by molar-refractivity contribution is -0.117. The number of nitrogens with zero attached hydrogens (tertiary/aromatic N) is 4. The maximum absolute atomic E-state index is 13.9. The Kier molecular flexibility index (Phi) is 6.52. The Labute approximate surface area is 197 Å². The number of carbonyl (C=O) groups is 2. The summed E-state index contributed by atoms with van der Waals surface area (Å²) >= 11 is 0. The molecule has 1 aliphatic rings. The zero-order valence-electron chi connectivity index (χ0n) is 19.4. The first-order valence-electron chi connectivity index (χ1n) is 11.0. The summed E-state index contributed by atoms with van der Waals surface area (Å²) in [6.07, 6.45) is 0. The molecule has 34 heavy (non-hydrogen) atoms. The number of halogens is 1. The van der Waals surface area contributed by atoms with E-state index in [9.17, 15) is 19.2 Å². The fourth-order valence-electron chi connectivity index (χ4n) is 4.19. The molecular weight excluding hydrogens is 437 g/mol. The Morgan fingerprint density at radius 2 is 1.85 bits per heavy atom. The number of hydrogen-bond donors (Lipinski definition) is 1. The lowest BCUT2D eigenvalue weighted by Crippen LogP contribution is -2.50. The van der Waals surface area contributed by atoms with Gasteiger partial charge in [-0.2, -0.15) is 5.26 Å². The smallest absolute Gasteiger partial charge is 0.289 e. The molecule has 8 nitrogen and oxygen atoms in total. The number of amides is 2. The van der Waals surface area contributed by atoms with Crippen LogP contribution in [-0.2, 0) is 4.79 Å². The van der Waals surface area contributed by atoms with Gasteiger partial charge in [0.05, 0.1) is 17.8 Å². The Hall–Kier alpha value is -3.90. The summed E-state index contributed by atoms with van der Waals surface area (Å²) in [6, 6.07) is 11.6. The van der Waals surface area contributed by atoms with Crippen molar-refractivity contribution in [3.8, 4) is 11.8 Å². The van der Waals surface area contributed by atoms with E-state index < -0.39 is 5.82 Å². The molecular formula is C25H26FN5O3. The predicted octanol–water partition coefficient (Wildman–Crippen LogP) is 3.40. The first kappa shape index (κ1) is 23.3. The average molecular weight is 464 g/mol. The summed E-state index contributed by atoms with van der Waals surface area (Å²) in [4.78, 5) is 29.1. The van der Waals surface area contributed by atoms with Crippen LogP contribution in [0.15, 0.2) is 40.8 Å². The molecule has 1 fully saturated rings. The second kappa shape index (κ2) is 9.53. The van der Waals surface area contributed by atoms with Gasteiger partial charge in [0.1, 0.15) is 23.5 Å². The van der Waals surface area contributed by atoms with Crippen LogP contribution in [0.2, 0.25) is 0 Å². The molecule has 1 N–H and O–H groups in total. The molecule has 2 aromatic heterocycles. The molecule has 0 atom stereocenters. The highest BCUT2D eigenvalue weighted by Crippen LogP contribution is 2.30. The highest BCUT2D eigenvalue weighted by molar-refractivity contribution is 5.94. The summed E-state index contributed by atoms with van der Waals surface area (Å²) < 4.78 is 21.0. The van der Waals surface area contributed by atoms with E-state index >= 15 is 0 Å². The summed E-state index contributed by atoms with van der Waals surface area (Å²) in [6.45, 7) is 7.56. The third-order valence-corrected chi connectivity index (χ3v) is 6.13. The number of carbonyl (C=O) groups excluding carboxylic acids is 2. The third-order valence-electron chi connectivity index (χ3n) is 6.13. The second-order valence-electron chi connectivity index (χ2n) is 8.39. The zero-order valence-corrected chi connectivity index (χ0v) is 19.4. The van der Waals surface area contributed by atoms with Gasteiger partial charge in [-0.25, -0.2) is 4.39 Å². The monoisotopic (exact) mass is 463 g/mol. The number of aromatic nitrogens is 1. The van der Waals surface area contributed by atoms with Crippen LogP contribution < -0.4 is 5.32 Å². The normalized spacial score (nSPS) is 14.1. The number of furan rings is 1. The first-order chi connectivity index (χ1) is 16.3. The Morgan fingerprint density at radius 3 is 2.47 bits per heavy atom. The molecule has 3 aromatic rings. The molecule has 1 aliphatic heterocycles. The number of benzene rings is 1. The van der Waals surface area contributed by atoms with Gasteiger partial charge in [-0.1, -0.05) is 6.07 Å². The van der Waals surface area contributed by atoms with E-state index in [4.69, 9.17) is 4.42 Å². The summed E-state index contributed by atoms with van der Waals surface area (Å²) in [5.41, 5.74) is 2.34. The van der Waals surface area contributed by atoms with Gasteiger partial charge in [-0.05, 0) is 56.7 Å². The van der Waals surface area contributed by atoms with E-state index in [0.29, 0.717) is 54.8 Å². The van der Waals surface area contributed by atoms with Crippen molar-refractivity contribution in [2.24, 2.45) is 0 Å². The molecule has 0 spiro atoms. The SMILES string of the molecule is Cc1ccc(C(=O)N2CCN(CC(=O)Nc3c(C#N)c(C)c(C)n3-c3cccc(F)c3)CC2)o1. The van der Waals surface area contributed by atoms with Crippen LogP contribution in [0.4, 0.5) is 10.2 Å². The Bertz CT molecular complexity index is 1280. The van der Waals surface area contributed by atoms with E-state index in [2.05, 4.69) is 11.4 Å². The first-order valence-corrected chi connectivity index (χ1v) is 11.0. The van der Waals surface area contributed by atoms with Crippen molar-refractivity contribution in [1.29, 1.82) is 5.26 Å². The van der Waals surface area contributed by atoms with Gasteiger partial charge in [0.25, 0.3) is 5.91 Å². The highest BCUT2D eigenvalue weighted by atomic mass is 19.1. The molecule has 9 heteroatoms. The molecule has 0 aliphatic carbocycles. The van der Waals surface area contributed by atoms with Crippen molar-refractivity contribution in [3.63, 3.8) is 0 Å². The topological polar surface area (TPSA) is 94.5 Å². The van der Waals surface area contributed by atoms with E-state index in [1.54, 1.807) is 47.6 Å². The van der Waals surface area contributed by atoms with Crippen molar-refractivity contribution in [2.75, 3.05) is 38.0 Å². The molecule has 3 heterocycles. The van der Waals surface area contributed by atoms with E-state index in [1.807, 2.05) is 11.8 Å². The van der Waals surface area contributed by atoms with Gasteiger partial charge in [0, 0.05) is 31.9 Å². The Morgan fingerprint density at radius 1 is 1.12 bits per heavy atom. The van der Waals surface area contributed by atoms with Gasteiger partial charge in [-0.15, -0.1) is 0 Å². The molecule has 0 unspecified atom stereocenters. The molecule has 4 rings (SSSR count). The fourth-order valence-corrected chi connectivity index (χ4v) is 4.19. The zero-order chi connectivity index (χ0) is 24.4. The van der Waals surface area contributed by atoms with Gasteiger partial charge in [0.15, 0.2) is 5.76 Å². The summed E-state index contributed by atoms with van der Waals surface area (Å²) in [7, 11) is 0. The molecule has 0 saturated carbocycles. The average Bonchev–Trinajstić information content (AvgIpc) is 3.34. The highest BCUT2D eigenvalue weighted by Gasteiger charge is 2.26. The number of aryl methyl sites for hydroxylation is 1. The predicted molar refractivity (Wildman–Crippen MR) is 124 cm³/mol. The van der Waals surface area contributed by atoms with Crippen LogP contribution in [0, 0.1) is 37.9 Å². The lowest BCUT2D eigenvalue weighted by atomic mass is 10.2. The standard InChI is InChI=1S/C25H26FN5O3/c1-16-7-8-22(34-16)25(33)30-11-9-29(10-12-30)15-23(32)28-24-21(14-27)17(2)18(3)31(24)20-6-4-5-19(26)13-20/h4-8,13H,9-12,15H2,1-3H3,(H,28,32). The van der Waals surface area contributed by atoms with Crippen molar-refractivity contribution in [3.05, 3.63) is 70.6 Å². The number of hydrogen-bond acceptors (Lipinski definition) is 5. The quantitative estimate of drug-likeness (QED) is 0.626. The van der Waals surface area contributed by atoms with Crippen molar-refractivity contribution in [2.45, 2.75) is 20.8 Å². The number of piperazine rings is 1. The summed E-state index contributed by atoms with van der Waals surface area (Å²) in [5, 5.41) is 12.6. The maximum Gasteiger partial charge on any atom is 0.289 e. The van der Waals surface area contributed by atoms with Crippen LogP contribution >= 0.6 is 0 Å². The van der Waals surface area contributed by atoms with Gasteiger partial charge in [0.2, 0.25) is 5.91 Å². The van der Waals surface area contributed by atoms with Crippen molar-refractivity contribution < 1.29 is 18.4 Å². The minimum atomic E-state index is -0.406. The number of nitrogens with one attached hydrogen (secondary N) is 1. The van der Waals surface area contributed by atoms with E-state index in [-0.39, 0.29) is 18.4 Å². The minimum absolute atomic E-state index is 0.110. The Balaban J connectivity index is 1.44. The van der Waals surface area contributed by atoms with E-state index in [1.165, 1.54) is 12.1 Å². The lowest BCUT2D eigenvalue weighted by Gasteiger charge is -2.33. The number of nitriles is 1. The van der Waals surface area contributed by atoms with Crippen LogP contribution in [0.5, 0.6) is 0 Å². The molecule has 1 saturated heterocycles. The van der Waals surface area contributed by atoms with Crippen LogP contribution in [0.3, 0.4) is 0 Å². The fraction of sp³-hybridized carbons (Fsp3) is 0.320. The largest absolute Gasteiger partial charge is 0.456 e. The van der Waals surface area contributed by atoms with Gasteiger partial charge >= 0.3 is 0 Å². The maximum atomic E-state index is 13.9. The van der Waals surface area contributed by atoms with Crippen molar-refractivity contribution in [1.82, 2.24) is 14.4 Å². The summed E-state index contributed by atoms with van der Waals surface area (Å²) in [5.74, 6) is 0.481. The molecule has 0 bridgehead atoms. The van der Waals surface area contributed by atoms with E-state index in [0.717, 1.165) is 11.3 Å².